The number of aliphatic imine (C=N–C) groups is 1. The molecule has 1 amide bonds. The van der Waals surface area contributed by atoms with Gasteiger partial charge in [-0.05, 0) is 37.6 Å². The molecule has 0 radical (unpaired) electrons. The minimum Gasteiger partial charge on any atom is -0.444 e. The van der Waals surface area contributed by atoms with Crippen molar-refractivity contribution in [1.82, 2.24) is 10.2 Å². The van der Waals surface area contributed by atoms with Gasteiger partial charge in [-0.15, -0.1) is 0 Å². The number of benzene rings is 2. The topological polar surface area (TPSA) is 53.9 Å². The van der Waals surface area contributed by atoms with Crippen LogP contribution < -0.4 is 5.32 Å². The van der Waals surface area contributed by atoms with Gasteiger partial charge in [0.1, 0.15) is 11.4 Å². The van der Waals surface area contributed by atoms with Crippen molar-refractivity contribution in [2.75, 3.05) is 13.1 Å². The molecule has 2 aromatic rings. The number of rotatable bonds is 1. The second-order valence-electron chi connectivity index (χ2n) is 7.74. The molecular weight excluding hydrogens is 314 g/mol. The molecule has 0 aromatic heterocycles. The van der Waals surface area contributed by atoms with Gasteiger partial charge in [0.15, 0.2) is 0 Å². The zero-order valence-corrected chi connectivity index (χ0v) is 14.8. The number of carbonyl (C=O) groups excluding carboxylic acids is 1. The average Bonchev–Trinajstić information content (AvgIpc) is 3.11. The molecule has 0 unspecified atom stereocenters. The van der Waals surface area contributed by atoms with Gasteiger partial charge < -0.3 is 15.0 Å². The van der Waals surface area contributed by atoms with Crippen molar-refractivity contribution < 1.29 is 9.53 Å². The molecule has 0 aliphatic carbocycles. The summed E-state index contributed by atoms with van der Waals surface area (Å²) in [6.07, 6.45) is -0.258. The van der Waals surface area contributed by atoms with Crippen LogP contribution in [0.15, 0.2) is 47.5 Å². The summed E-state index contributed by atoms with van der Waals surface area (Å²) in [5.41, 5.74) is 0.624. The second kappa shape index (κ2) is 5.76. The number of fused-ring (bicyclic) bond motifs is 2. The number of hydrogen-bond acceptors (Lipinski definition) is 4. The summed E-state index contributed by atoms with van der Waals surface area (Å²) in [6, 6.07) is 14.9. The molecular formula is C20H23N3O2. The molecule has 2 aliphatic heterocycles. The molecule has 1 saturated heterocycles. The van der Waals surface area contributed by atoms with Gasteiger partial charge in [0.25, 0.3) is 0 Å². The van der Waals surface area contributed by atoms with Crippen LogP contribution in [0.5, 0.6) is 0 Å². The van der Waals surface area contributed by atoms with Gasteiger partial charge in [-0.25, -0.2) is 4.79 Å². The normalized spacial score (nSPS) is 22.5. The minimum atomic E-state index is -0.471. The van der Waals surface area contributed by atoms with Gasteiger partial charge in [-0.3, -0.25) is 4.99 Å². The third-order valence-corrected chi connectivity index (χ3v) is 4.58. The maximum atomic E-state index is 12.2. The number of likely N-dealkylation sites (tertiary alicyclic amines) is 1. The van der Waals surface area contributed by atoms with Crippen molar-refractivity contribution in [3.8, 4) is 0 Å². The third kappa shape index (κ3) is 3.18. The molecule has 4 rings (SSSR count). The Balaban J connectivity index is 1.49. The molecule has 0 bridgehead atoms. The lowest BCUT2D eigenvalue weighted by atomic mass is 10.1. The molecule has 5 nitrogen and oxygen atoms in total. The van der Waals surface area contributed by atoms with Crippen LogP contribution in [0.3, 0.4) is 0 Å². The molecule has 2 heterocycles. The van der Waals surface area contributed by atoms with E-state index in [1.54, 1.807) is 4.90 Å². The van der Waals surface area contributed by atoms with E-state index in [2.05, 4.69) is 35.6 Å². The molecule has 130 valence electrons. The Morgan fingerprint density at radius 2 is 1.92 bits per heavy atom. The zero-order chi connectivity index (χ0) is 17.6. The van der Waals surface area contributed by atoms with E-state index in [0.717, 1.165) is 11.4 Å². The standard InChI is InChI=1S/C20H23N3O2/c1-20(2,3)25-19(24)23-11-16-17(12-23)22-18(21-16)15-9-8-13-6-4-5-7-14(13)10-15/h4-10,16-17H,11-12H2,1-3H3,(H,21,22)/t16-,17+. The van der Waals surface area contributed by atoms with E-state index >= 15 is 0 Å². The van der Waals surface area contributed by atoms with Crippen LogP contribution in [0.1, 0.15) is 26.3 Å². The Labute approximate surface area is 147 Å². The summed E-state index contributed by atoms with van der Waals surface area (Å²) in [6.45, 7) is 6.88. The number of amides is 1. The first kappa shape index (κ1) is 15.9. The van der Waals surface area contributed by atoms with Gasteiger partial charge in [-0.2, -0.15) is 0 Å². The van der Waals surface area contributed by atoms with Crippen LogP contribution in [0, 0.1) is 0 Å². The van der Waals surface area contributed by atoms with E-state index in [9.17, 15) is 4.79 Å². The van der Waals surface area contributed by atoms with Crippen molar-refractivity contribution in [1.29, 1.82) is 0 Å². The Morgan fingerprint density at radius 3 is 2.64 bits per heavy atom. The van der Waals surface area contributed by atoms with Crippen LogP contribution in [0.25, 0.3) is 10.8 Å². The quantitative estimate of drug-likeness (QED) is 0.869. The van der Waals surface area contributed by atoms with Crippen molar-refractivity contribution >= 4 is 22.7 Å². The van der Waals surface area contributed by atoms with E-state index in [1.807, 2.05) is 32.9 Å². The molecule has 2 atom stereocenters. The van der Waals surface area contributed by atoms with Gasteiger partial charge >= 0.3 is 6.09 Å². The van der Waals surface area contributed by atoms with E-state index < -0.39 is 5.60 Å². The molecule has 25 heavy (non-hydrogen) atoms. The van der Waals surface area contributed by atoms with Crippen molar-refractivity contribution in [3.05, 3.63) is 48.0 Å². The molecule has 2 aromatic carbocycles. The minimum absolute atomic E-state index is 0.0917. The molecule has 5 heteroatoms. The highest BCUT2D eigenvalue weighted by atomic mass is 16.6. The highest BCUT2D eigenvalue weighted by molar-refractivity contribution is 6.03. The van der Waals surface area contributed by atoms with E-state index in [0.29, 0.717) is 13.1 Å². The average molecular weight is 337 g/mol. The SMILES string of the molecule is CC(C)(C)OC(=O)N1C[C@@H]2N=C(c3ccc4ccccc4c3)N[C@@H]2C1. The smallest absolute Gasteiger partial charge is 0.410 e. The van der Waals surface area contributed by atoms with Gasteiger partial charge in [0.2, 0.25) is 0 Å². The monoisotopic (exact) mass is 337 g/mol. The molecule has 1 fully saturated rings. The fraction of sp³-hybridized carbons (Fsp3) is 0.400. The number of carbonyl (C=O) groups is 1. The van der Waals surface area contributed by atoms with Crippen LogP contribution in [-0.4, -0.2) is 47.6 Å². The number of nitrogens with one attached hydrogen (secondary N) is 1. The van der Waals surface area contributed by atoms with Crippen LogP contribution in [-0.2, 0) is 4.74 Å². The Hall–Kier alpha value is -2.56. The van der Waals surface area contributed by atoms with Crippen LogP contribution >= 0.6 is 0 Å². The lowest BCUT2D eigenvalue weighted by Crippen LogP contribution is -2.39. The maximum absolute atomic E-state index is 12.2. The van der Waals surface area contributed by atoms with E-state index in [4.69, 9.17) is 9.73 Å². The van der Waals surface area contributed by atoms with Gasteiger partial charge in [0.05, 0.1) is 12.1 Å². The highest BCUT2D eigenvalue weighted by Crippen LogP contribution is 2.24. The summed E-state index contributed by atoms with van der Waals surface area (Å²) < 4.78 is 5.46. The number of amidine groups is 1. The second-order valence-corrected chi connectivity index (χ2v) is 7.74. The first-order valence-electron chi connectivity index (χ1n) is 8.70. The predicted molar refractivity (Wildman–Crippen MR) is 99.0 cm³/mol. The van der Waals surface area contributed by atoms with Crippen LogP contribution in [0.4, 0.5) is 4.79 Å². The lowest BCUT2D eigenvalue weighted by molar-refractivity contribution is 0.0289. The largest absolute Gasteiger partial charge is 0.444 e. The zero-order valence-electron chi connectivity index (χ0n) is 14.8. The maximum Gasteiger partial charge on any atom is 0.410 e. The summed E-state index contributed by atoms with van der Waals surface area (Å²) in [4.78, 5) is 18.8. The van der Waals surface area contributed by atoms with Gasteiger partial charge in [0, 0.05) is 18.7 Å². The Kier molecular flexibility index (Phi) is 3.67. The van der Waals surface area contributed by atoms with Crippen molar-refractivity contribution in [3.63, 3.8) is 0 Å². The fourth-order valence-corrected chi connectivity index (χ4v) is 3.41. The number of ether oxygens (including phenoxy) is 1. The lowest BCUT2D eigenvalue weighted by Gasteiger charge is -2.24. The fourth-order valence-electron chi connectivity index (χ4n) is 3.41. The third-order valence-electron chi connectivity index (χ3n) is 4.58. The Bertz CT molecular complexity index is 853. The number of hydrogen-bond donors (Lipinski definition) is 1. The Morgan fingerprint density at radius 1 is 1.16 bits per heavy atom. The van der Waals surface area contributed by atoms with Crippen molar-refractivity contribution in [2.45, 2.75) is 38.5 Å². The first-order chi connectivity index (χ1) is 11.9. The van der Waals surface area contributed by atoms with Crippen LogP contribution in [0.2, 0.25) is 0 Å². The van der Waals surface area contributed by atoms with E-state index in [1.165, 1.54) is 10.8 Å². The molecule has 1 N–H and O–H groups in total. The summed E-state index contributed by atoms with van der Waals surface area (Å²) in [7, 11) is 0. The predicted octanol–water partition coefficient (Wildman–Crippen LogP) is 3.18. The summed E-state index contributed by atoms with van der Waals surface area (Å²) in [5.74, 6) is 0.921. The molecule has 2 aliphatic rings. The highest BCUT2D eigenvalue weighted by Gasteiger charge is 2.41. The first-order valence-corrected chi connectivity index (χ1v) is 8.70. The van der Waals surface area contributed by atoms with E-state index in [-0.39, 0.29) is 18.2 Å². The van der Waals surface area contributed by atoms with Crippen molar-refractivity contribution in [2.24, 2.45) is 4.99 Å². The summed E-state index contributed by atoms with van der Waals surface area (Å²) in [5, 5.41) is 5.91. The summed E-state index contributed by atoms with van der Waals surface area (Å²) >= 11 is 0. The molecule has 0 spiro atoms. The van der Waals surface area contributed by atoms with Gasteiger partial charge in [-0.1, -0.05) is 36.4 Å². The molecule has 0 saturated carbocycles. The number of nitrogens with zero attached hydrogens (tertiary/aromatic N) is 2.